The van der Waals surface area contributed by atoms with Crippen molar-refractivity contribution in [2.24, 2.45) is 0 Å². The Morgan fingerprint density at radius 2 is 2.00 bits per heavy atom. The highest BCUT2D eigenvalue weighted by atomic mass is 32.1. The van der Waals surface area contributed by atoms with E-state index in [1.54, 1.807) is 7.11 Å². The van der Waals surface area contributed by atoms with E-state index < -0.39 is 6.10 Å². The molecule has 1 saturated carbocycles. The lowest BCUT2D eigenvalue weighted by Gasteiger charge is -2.33. The molecule has 29 heavy (non-hydrogen) atoms. The standard InChI is InChI=1S/C21H30N4O3S/c1-12-17-13(2)22-19(14-4-5-14)24-21(17)29-18(12)20(27)23-15-6-8-25(9-7-15)10-16(26)11-28-3/h14-16,26H,4-11H2,1-3H3,(H,23,27)/t16-/m0/s1. The van der Waals surface area contributed by atoms with Gasteiger partial charge in [0.1, 0.15) is 10.7 Å². The number of nitrogens with one attached hydrogen (secondary N) is 1. The van der Waals surface area contributed by atoms with Crippen LogP contribution < -0.4 is 5.32 Å². The summed E-state index contributed by atoms with van der Waals surface area (Å²) in [6.45, 7) is 6.72. The van der Waals surface area contributed by atoms with Crippen LogP contribution in [-0.2, 0) is 4.74 Å². The zero-order valence-corrected chi connectivity index (χ0v) is 18.2. The van der Waals surface area contributed by atoms with Crippen LogP contribution in [0, 0.1) is 13.8 Å². The molecule has 0 unspecified atom stereocenters. The molecule has 2 fully saturated rings. The number of carbonyl (C=O) groups is 1. The predicted molar refractivity (Wildman–Crippen MR) is 114 cm³/mol. The van der Waals surface area contributed by atoms with Crippen LogP contribution in [-0.4, -0.2) is 71.4 Å². The van der Waals surface area contributed by atoms with Gasteiger partial charge in [-0.1, -0.05) is 0 Å². The van der Waals surface area contributed by atoms with Gasteiger partial charge in [-0.15, -0.1) is 11.3 Å². The Kier molecular flexibility index (Phi) is 6.15. The van der Waals surface area contributed by atoms with Crippen molar-refractivity contribution in [2.45, 2.75) is 57.6 Å². The molecule has 1 atom stereocenters. The number of β-amino-alcohol motifs (C(OH)–C–C–N with tert-alkyl or cyclic N) is 1. The van der Waals surface area contributed by atoms with Gasteiger partial charge >= 0.3 is 0 Å². The van der Waals surface area contributed by atoms with E-state index in [-0.39, 0.29) is 11.9 Å². The number of aromatic nitrogens is 2. The number of aliphatic hydroxyl groups excluding tert-OH is 1. The van der Waals surface area contributed by atoms with Crippen molar-refractivity contribution in [3.05, 3.63) is 22.0 Å². The van der Waals surface area contributed by atoms with Gasteiger partial charge in [0, 0.05) is 44.1 Å². The van der Waals surface area contributed by atoms with E-state index in [2.05, 4.69) is 15.2 Å². The second kappa shape index (κ2) is 8.63. The quantitative estimate of drug-likeness (QED) is 0.718. The number of likely N-dealkylation sites (tertiary alicyclic amines) is 1. The fourth-order valence-corrected chi connectivity index (χ4v) is 5.30. The number of ether oxygens (including phenoxy) is 1. The maximum atomic E-state index is 13.0. The fraction of sp³-hybridized carbons (Fsp3) is 0.667. The maximum Gasteiger partial charge on any atom is 0.261 e. The van der Waals surface area contributed by atoms with Gasteiger partial charge in [-0.05, 0) is 45.1 Å². The molecular formula is C21H30N4O3S. The molecule has 1 aliphatic carbocycles. The number of fused-ring (bicyclic) bond motifs is 1. The van der Waals surface area contributed by atoms with Crippen LogP contribution in [0.4, 0.5) is 0 Å². The molecule has 8 heteroatoms. The van der Waals surface area contributed by atoms with Gasteiger partial charge in [0.15, 0.2) is 0 Å². The molecule has 3 heterocycles. The first-order valence-corrected chi connectivity index (χ1v) is 11.3. The van der Waals surface area contributed by atoms with Gasteiger partial charge in [-0.25, -0.2) is 9.97 Å². The zero-order valence-electron chi connectivity index (χ0n) is 17.4. The third-order valence-corrected chi connectivity index (χ3v) is 7.07. The van der Waals surface area contributed by atoms with E-state index in [0.717, 1.165) is 58.1 Å². The first-order chi connectivity index (χ1) is 14.0. The van der Waals surface area contributed by atoms with Crippen molar-refractivity contribution in [3.8, 4) is 0 Å². The summed E-state index contributed by atoms with van der Waals surface area (Å²) in [5.41, 5.74) is 1.97. The molecule has 1 saturated heterocycles. The zero-order chi connectivity index (χ0) is 20.5. The van der Waals surface area contributed by atoms with E-state index in [1.807, 2.05) is 13.8 Å². The van der Waals surface area contributed by atoms with Gasteiger partial charge in [-0.3, -0.25) is 4.79 Å². The number of methoxy groups -OCH3 is 1. The monoisotopic (exact) mass is 418 g/mol. The molecule has 7 nitrogen and oxygen atoms in total. The lowest BCUT2D eigenvalue weighted by atomic mass is 10.0. The Bertz CT molecular complexity index is 888. The number of hydrogen-bond acceptors (Lipinski definition) is 7. The van der Waals surface area contributed by atoms with Crippen molar-refractivity contribution in [2.75, 3.05) is 33.4 Å². The van der Waals surface area contributed by atoms with Crippen molar-refractivity contribution >= 4 is 27.5 Å². The normalized spacial score (nSPS) is 19.6. The summed E-state index contributed by atoms with van der Waals surface area (Å²) >= 11 is 1.49. The van der Waals surface area contributed by atoms with E-state index in [0.29, 0.717) is 19.1 Å². The van der Waals surface area contributed by atoms with Crippen molar-refractivity contribution in [1.29, 1.82) is 0 Å². The number of amides is 1. The largest absolute Gasteiger partial charge is 0.389 e. The lowest BCUT2D eigenvalue weighted by molar-refractivity contribution is 0.0309. The summed E-state index contributed by atoms with van der Waals surface area (Å²) in [4.78, 5) is 26.3. The highest BCUT2D eigenvalue weighted by molar-refractivity contribution is 7.20. The van der Waals surface area contributed by atoms with Crippen molar-refractivity contribution < 1.29 is 14.6 Å². The minimum absolute atomic E-state index is 0.00394. The van der Waals surface area contributed by atoms with Gasteiger partial charge in [0.25, 0.3) is 5.91 Å². The van der Waals surface area contributed by atoms with Crippen LogP contribution >= 0.6 is 11.3 Å². The van der Waals surface area contributed by atoms with Crippen LogP contribution in [0.5, 0.6) is 0 Å². The SMILES string of the molecule is COC[C@@H](O)CN1CCC(NC(=O)c2sc3nc(C4CC4)nc(C)c3c2C)CC1. The van der Waals surface area contributed by atoms with Crippen LogP contribution in [0.15, 0.2) is 0 Å². The first-order valence-electron chi connectivity index (χ1n) is 10.4. The average molecular weight is 419 g/mol. The van der Waals surface area contributed by atoms with Gasteiger partial charge in [0.05, 0.1) is 23.3 Å². The molecule has 1 aliphatic heterocycles. The summed E-state index contributed by atoms with van der Waals surface area (Å²) in [7, 11) is 1.60. The van der Waals surface area contributed by atoms with Crippen LogP contribution in [0.2, 0.25) is 0 Å². The summed E-state index contributed by atoms with van der Waals surface area (Å²) in [5.74, 6) is 1.44. The summed E-state index contributed by atoms with van der Waals surface area (Å²) in [6, 6.07) is 0.164. The average Bonchev–Trinajstić information content (AvgIpc) is 3.47. The molecule has 0 bridgehead atoms. The Balaban J connectivity index is 1.39. The molecule has 4 rings (SSSR count). The van der Waals surface area contributed by atoms with Crippen molar-refractivity contribution in [1.82, 2.24) is 20.2 Å². The maximum absolute atomic E-state index is 13.0. The van der Waals surface area contributed by atoms with Gasteiger partial charge in [0.2, 0.25) is 0 Å². The topological polar surface area (TPSA) is 87.6 Å². The van der Waals surface area contributed by atoms with Crippen LogP contribution in [0.1, 0.15) is 58.4 Å². The Hall–Kier alpha value is -1.61. The number of nitrogens with zero attached hydrogens (tertiary/aromatic N) is 3. The Morgan fingerprint density at radius 3 is 2.66 bits per heavy atom. The van der Waals surface area contributed by atoms with Crippen molar-refractivity contribution in [3.63, 3.8) is 0 Å². The first kappa shape index (κ1) is 20.7. The van der Waals surface area contributed by atoms with Gasteiger partial charge in [-0.2, -0.15) is 0 Å². The number of rotatable bonds is 7. The van der Waals surface area contributed by atoms with E-state index >= 15 is 0 Å². The predicted octanol–water partition coefficient (Wildman–Crippen LogP) is 2.39. The number of thiophene rings is 1. The van der Waals surface area contributed by atoms with Crippen LogP contribution in [0.3, 0.4) is 0 Å². The molecule has 2 N–H and O–H groups in total. The Morgan fingerprint density at radius 1 is 1.28 bits per heavy atom. The number of hydrogen-bond donors (Lipinski definition) is 2. The molecule has 0 aromatic carbocycles. The molecule has 0 radical (unpaired) electrons. The summed E-state index contributed by atoms with van der Waals surface area (Å²) < 4.78 is 4.99. The highest BCUT2D eigenvalue weighted by Gasteiger charge is 2.29. The molecule has 158 valence electrons. The number of aryl methyl sites for hydroxylation is 2. The molecule has 2 aromatic heterocycles. The third kappa shape index (κ3) is 4.60. The summed E-state index contributed by atoms with van der Waals surface area (Å²) in [5, 5.41) is 14.1. The number of carbonyl (C=O) groups excluding carboxylic acids is 1. The highest BCUT2D eigenvalue weighted by Crippen LogP contribution is 2.40. The van der Waals surface area contributed by atoms with Crippen LogP contribution in [0.25, 0.3) is 10.2 Å². The molecule has 0 spiro atoms. The smallest absolute Gasteiger partial charge is 0.261 e. The Labute approximate surface area is 175 Å². The molecule has 2 aliphatic rings. The second-order valence-corrected chi connectivity index (χ2v) is 9.33. The van der Waals surface area contributed by atoms with E-state index in [4.69, 9.17) is 9.72 Å². The summed E-state index contributed by atoms with van der Waals surface area (Å²) in [6.07, 6.45) is 3.66. The van der Waals surface area contributed by atoms with Gasteiger partial charge < -0.3 is 20.1 Å². The molecule has 1 amide bonds. The minimum atomic E-state index is -0.461. The molecule has 2 aromatic rings. The molecular weight excluding hydrogens is 388 g/mol. The lowest BCUT2D eigenvalue weighted by Crippen LogP contribution is -2.46. The third-order valence-electron chi connectivity index (χ3n) is 5.89. The minimum Gasteiger partial charge on any atom is -0.389 e. The van der Waals surface area contributed by atoms with E-state index in [1.165, 1.54) is 24.2 Å². The second-order valence-electron chi connectivity index (χ2n) is 8.34. The fourth-order valence-electron chi connectivity index (χ4n) is 4.15. The number of piperidine rings is 1. The van der Waals surface area contributed by atoms with E-state index in [9.17, 15) is 9.90 Å². The number of aliphatic hydroxyl groups is 1.